The summed E-state index contributed by atoms with van der Waals surface area (Å²) in [5.74, 6) is 2.24. The molecule has 0 atom stereocenters. The van der Waals surface area contributed by atoms with Crippen molar-refractivity contribution in [2.75, 3.05) is 25.0 Å². The predicted octanol–water partition coefficient (Wildman–Crippen LogP) is 4.89. The van der Waals surface area contributed by atoms with Crippen molar-refractivity contribution >= 4 is 11.7 Å². The number of nitrogens with one attached hydrogen (secondary N) is 1. The van der Waals surface area contributed by atoms with E-state index < -0.39 is 0 Å². The van der Waals surface area contributed by atoms with Crippen LogP contribution in [0.2, 0.25) is 0 Å². The Morgan fingerprint density at radius 2 is 1.83 bits per heavy atom. The maximum absolute atomic E-state index is 12.7. The number of amides is 2. The van der Waals surface area contributed by atoms with E-state index in [-0.39, 0.29) is 6.03 Å². The molecule has 0 radical (unpaired) electrons. The third kappa shape index (κ3) is 4.64. The van der Waals surface area contributed by atoms with Gasteiger partial charge in [-0.3, -0.25) is 0 Å². The number of hydrogen-bond acceptors (Lipinski definition) is 3. The van der Waals surface area contributed by atoms with E-state index in [0.29, 0.717) is 18.3 Å². The number of anilines is 1. The van der Waals surface area contributed by atoms with Crippen molar-refractivity contribution < 1.29 is 9.53 Å². The Morgan fingerprint density at radius 3 is 2.60 bits per heavy atom. The topological polar surface area (TPSA) is 59.4 Å². The molecular formula is C24H28N4O2. The average Bonchev–Trinajstić information content (AvgIpc) is 3.24. The van der Waals surface area contributed by atoms with E-state index >= 15 is 0 Å². The highest BCUT2D eigenvalue weighted by atomic mass is 16.5. The second-order valence-corrected chi connectivity index (χ2v) is 7.56. The summed E-state index contributed by atoms with van der Waals surface area (Å²) in [7, 11) is 0. The zero-order valence-corrected chi connectivity index (χ0v) is 17.3. The Labute approximate surface area is 177 Å². The van der Waals surface area contributed by atoms with E-state index in [1.54, 1.807) is 0 Å². The summed E-state index contributed by atoms with van der Waals surface area (Å²) >= 11 is 0. The molecule has 3 aromatic rings. The minimum atomic E-state index is -0.0618. The molecule has 1 fully saturated rings. The van der Waals surface area contributed by atoms with E-state index in [1.165, 1.54) is 0 Å². The van der Waals surface area contributed by atoms with E-state index in [9.17, 15) is 4.79 Å². The fraction of sp³-hybridized carbons (Fsp3) is 0.333. The van der Waals surface area contributed by atoms with E-state index in [2.05, 4.69) is 27.0 Å². The maximum atomic E-state index is 12.7. The number of nitrogens with zero attached hydrogens (tertiary/aromatic N) is 3. The van der Waals surface area contributed by atoms with Gasteiger partial charge in [-0.1, -0.05) is 42.5 Å². The summed E-state index contributed by atoms with van der Waals surface area (Å²) in [6.07, 6.45) is 5.87. The zero-order valence-electron chi connectivity index (χ0n) is 17.3. The van der Waals surface area contributed by atoms with Crippen molar-refractivity contribution in [1.82, 2.24) is 14.5 Å². The molecule has 6 heteroatoms. The molecule has 0 spiro atoms. The van der Waals surface area contributed by atoms with Gasteiger partial charge in [0.05, 0.1) is 12.3 Å². The highest BCUT2D eigenvalue weighted by molar-refractivity contribution is 5.91. The van der Waals surface area contributed by atoms with Crippen LogP contribution in [0, 0.1) is 5.92 Å². The lowest BCUT2D eigenvalue weighted by Crippen LogP contribution is -2.41. The van der Waals surface area contributed by atoms with Crippen LogP contribution in [0.5, 0.6) is 5.75 Å². The number of imidazole rings is 1. The van der Waals surface area contributed by atoms with Crippen LogP contribution in [0.15, 0.2) is 67.0 Å². The predicted molar refractivity (Wildman–Crippen MR) is 119 cm³/mol. The van der Waals surface area contributed by atoms with Gasteiger partial charge in [0.15, 0.2) is 0 Å². The van der Waals surface area contributed by atoms with Gasteiger partial charge in [-0.05, 0) is 37.8 Å². The van der Waals surface area contributed by atoms with Crippen LogP contribution in [0.25, 0.3) is 11.4 Å². The number of para-hydroxylation sites is 2. The van der Waals surface area contributed by atoms with Crippen molar-refractivity contribution in [2.24, 2.45) is 5.92 Å². The highest BCUT2D eigenvalue weighted by Crippen LogP contribution is 2.26. The van der Waals surface area contributed by atoms with Crippen molar-refractivity contribution in [3.05, 3.63) is 67.0 Å². The Bertz CT molecular complexity index is 962. The Kier molecular flexibility index (Phi) is 6.32. The van der Waals surface area contributed by atoms with E-state index in [4.69, 9.17) is 4.74 Å². The first-order valence-corrected chi connectivity index (χ1v) is 10.6. The standard InChI is InChI=1S/C24H28N4O2/c1-2-30-22-11-7-6-10-21(22)26-24(29)27-15-12-19(13-16-27)18-28-17-14-25-23(28)20-8-4-3-5-9-20/h3-11,14,17,19H,2,12-13,15-16,18H2,1H3,(H,26,29). The molecular weight excluding hydrogens is 376 g/mol. The van der Waals surface area contributed by atoms with Crippen LogP contribution < -0.4 is 10.1 Å². The van der Waals surface area contributed by atoms with Gasteiger partial charge in [-0.2, -0.15) is 0 Å². The van der Waals surface area contributed by atoms with Gasteiger partial charge < -0.3 is 19.5 Å². The summed E-state index contributed by atoms with van der Waals surface area (Å²) in [5.41, 5.74) is 1.85. The summed E-state index contributed by atoms with van der Waals surface area (Å²) in [6.45, 7) is 4.93. The Morgan fingerprint density at radius 1 is 1.10 bits per heavy atom. The average molecular weight is 405 g/mol. The van der Waals surface area contributed by atoms with Crippen molar-refractivity contribution in [1.29, 1.82) is 0 Å². The molecule has 30 heavy (non-hydrogen) atoms. The van der Waals surface area contributed by atoms with Crippen LogP contribution in [0.3, 0.4) is 0 Å². The second-order valence-electron chi connectivity index (χ2n) is 7.56. The smallest absolute Gasteiger partial charge is 0.321 e. The van der Waals surface area contributed by atoms with Crippen LogP contribution >= 0.6 is 0 Å². The molecule has 6 nitrogen and oxygen atoms in total. The lowest BCUT2D eigenvalue weighted by atomic mass is 9.97. The Hall–Kier alpha value is -3.28. The number of benzene rings is 2. The first-order valence-electron chi connectivity index (χ1n) is 10.6. The van der Waals surface area contributed by atoms with Crippen molar-refractivity contribution in [2.45, 2.75) is 26.3 Å². The second kappa shape index (κ2) is 9.48. The van der Waals surface area contributed by atoms with Crippen LogP contribution in [-0.2, 0) is 6.54 Å². The number of urea groups is 1. The minimum absolute atomic E-state index is 0.0618. The summed E-state index contributed by atoms with van der Waals surface area (Å²) < 4.78 is 7.84. The normalized spacial score (nSPS) is 14.5. The lowest BCUT2D eigenvalue weighted by molar-refractivity contribution is 0.177. The zero-order chi connectivity index (χ0) is 20.8. The van der Waals surface area contributed by atoms with Crippen LogP contribution in [0.1, 0.15) is 19.8 Å². The van der Waals surface area contributed by atoms with Gasteiger partial charge in [0, 0.05) is 37.6 Å². The molecule has 1 aliphatic rings. The molecule has 1 aliphatic heterocycles. The lowest BCUT2D eigenvalue weighted by Gasteiger charge is -2.32. The molecule has 0 bridgehead atoms. The summed E-state index contributed by atoms with van der Waals surface area (Å²) in [5, 5.41) is 3.00. The number of carbonyl (C=O) groups excluding carboxylic acids is 1. The number of ether oxygens (including phenoxy) is 1. The monoisotopic (exact) mass is 404 g/mol. The van der Waals surface area contributed by atoms with Gasteiger partial charge >= 0.3 is 6.03 Å². The van der Waals surface area contributed by atoms with E-state index in [0.717, 1.165) is 49.6 Å². The molecule has 2 aromatic carbocycles. The van der Waals surface area contributed by atoms with Crippen LogP contribution in [0.4, 0.5) is 10.5 Å². The maximum Gasteiger partial charge on any atom is 0.321 e. The SMILES string of the molecule is CCOc1ccccc1NC(=O)N1CCC(Cn2ccnc2-c2ccccc2)CC1. The molecule has 156 valence electrons. The van der Waals surface area contributed by atoms with Gasteiger partial charge in [0.2, 0.25) is 0 Å². The summed E-state index contributed by atoms with van der Waals surface area (Å²) in [4.78, 5) is 19.2. The number of rotatable bonds is 6. The van der Waals surface area contributed by atoms with Crippen LogP contribution in [-0.4, -0.2) is 40.2 Å². The number of likely N-dealkylation sites (tertiary alicyclic amines) is 1. The first kappa shape index (κ1) is 20.0. The molecule has 4 rings (SSSR count). The Balaban J connectivity index is 1.33. The summed E-state index contributed by atoms with van der Waals surface area (Å²) in [6, 6.07) is 17.8. The molecule has 0 saturated carbocycles. The molecule has 1 N–H and O–H groups in total. The highest BCUT2D eigenvalue weighted by Gasteiger charge is 2.24. The third-order valence-electron chi connectivity index (χ3n) is 5.53. The fourth-order valence-corrected chi connectivity index (χ4v) is 3.95. The van der Waals surface area contributed by atoms with Crippen molar-refractivity contribution in [3.8, 4) is 17.1 Å². The largest absolute Gasteiger partial charge is 0.492 e. The number of carbonyl (C=O) groups is 1. The molecule has 2 amide bonds. The van der Waals surface area contributed by atoms with Gasteiger partial charge in [0.25, 0.3) is 0 Å². The van der Waals surface area contributed by atoms with Gasteiger partial charge in [-0.25, -0.2) is 9.78 Å². The molecule has 0 aliphatic carbocycles. The third-order valence-corrected chi connectivity index (χ3v) is 5.53. The number of hydrogen-bond donors (Lipinski definition) is 1. The minimum Gasteiger partial charge on any atom is -0.492 e. The van der Waals surface area contributed by atoms with Gasteiger partial charge in [0.1, 0.15) is 11.6 Å². The first-order chi connectivity index (χ1) is 14.7. The molecule has 1 aromatic heterocycles. The van der Waals surface area contributed by atoms with Gasteiger partial charge in [-0.15, -0.1) is 0 Å². The molecule has 0 unspecified atom stereocenters. The number of aromatic nitrogens is 2. The van der Waals surface area contributed by atoms with Crippen molar-refractivity contribution in [3.63, 3.8) is 0 Å². The number of piperidine rings is 1. The quantitative estimate of drug-likeness (QED) is 0.636. The molecule has 1 saturated heterocycles. The van der Waals surface area contributed by atoms with E-state index in [1.807, 2.05) is 66.7 Å². The molecule has 2 heterocycles. The fourth-order valence-electron chi connectivity index (χ4n) is 3.95.